The van der Waals surface area contributed by atoms with Crippen molar-refractivity contribution >= 4 is 29.0 Å². The molecule has 4 rings (SSSR count). The standard InChI is InChI=1S/C20H16F3N5OS/c1-30-19-25-9-12-10-28(11-17(12)27-19)15-5-6-24-16(8-15)18(29)26-14-4-2-3-13(7-14)20(21,22)23/h2-9H,10-11H2,1H3,(H,26,29). The number of pyridine rings is 1. The van der Waals surface area contributed by atoms with Crippen molar-refractivity contribution in [3.8, 4) is 0 Å². The van der Waals surface area contributed by atoms with Gasteiger partial charge >= 0.3 is 6.18 Å². The lowest BCUT2D eigenvalue weighted by atomic mass is 10.2. The first-order valence-corrected chi connectivity index (χ1v) is 10.1. The van der Waals surface area contributed by atoms with E-state index in [1.54, 1.807) is 18.3 Å². The Morgan fingerprint density at radius 1 is 1.17 bits per heavy atom. The number of rotatable bonds is 4. The molecule has 0 radical (unpaired) electrons. The van der Waals surface area contributed by atoms with Crippen molar-refractivity contribution in [2.24, 2.45) is 0 Å². The summed E-state index contributed by atoms with van der Waals surface area (Å²) in [4.78, 5) is 27.4. The number of carbonyl (C=O) groups is 1. The highest BCUT2D eigenvalue weighted by Gasteiger charge is 2.30. The van der Waals surface area contributed by atoms with Gasteiger partial charge in [0.2, 0.25) is 0 Å². The predicted molar refractivity (Wildman–Crippen MR) is 107 cm³/mol. The average Bonchev–Trinajstić information content (AvgIpc) is 3.17. The highest BCUT2D eigenvalue weighted by molar-refractivity contribution is 7.98. The van der Waals surface area contributed by atoms with Crippen LogP contribution < -0.4 is 10.2 Å². The molecule has 1 N–H and O–H groups in total. The fourth-order valence-electron chi connectivity index (χ4n) is 3.12. The van der Waals surface area contributed by atoms with Crippen molar-refractivity contribution in [2.45, 2.75) is 24.4 Å². The van der Waals surface area contributed by atoms with E-state index in [2.05, 4.69) is 20.3 Å². The largest absolute Gasteiger partial charge is 0.416 e. The summed E-state index contributed by atoms with van der Waals surface area (Å²) in [5, 5.41) is 3.18. The molecule has 1 aliphatic rings. The molecular formula is C20H16F3N5OS. The van der Waals surface area contributed by atoms with Crippen LogP contribution in [0.15, 0.2) is 53.9 Å². The van der Waals surface area contributed by atoms with Crippen molar-refractivity contribution in [2.75, 3.05) is 16.5 Å². The number of aromatic nitrogens is 3. The van der Waals surface area contributed by atoms with E-state index in [-0.39, 0.29) is 11.4 Å². The van der Waals surface area contributed by atoms with Crippen LogP contribution >= 0.6 is 11.8 Å². The molecule has 1 amide bonds. The first kappa shape index (κ1) is 20.1. The van der Waals surface area contributed by atoms with E-state index in [0.29, 0.717) is 18.2 Å². The maximum absolute atomic E-state index is 12.9. The Morgan fingerprint density at radius 2 is 2.00 bits per heavy atom. The third kappa shape index (κ3) is 4.23. The maximum atomic E-state index is 12.9. The first-order chi connectivity index (χ1) is 14.3. The number of hydrogen-bond acceptors (Lipinski definition) is 6. The second kappa shape index (κ2) is 7.94. The molecule has 1 aromatic carbocycles. The predicted octanol–water partition coefficient (Wildman–Crippen LogP) is 4.38. The van der Waals surface area contributed by atoms with Gasteiger partial charge in [-0.3, -0.25) is 9.78 Å². The second-order valence-corrected chi connectivity index (χ2v) is 7.39. The number of nitrogens with one attached hydrogen (secondary N) is 1. The van der Waals surface area contributed by atoms with Gasteiger partial charge in [-0.25, -0.2) is 9.97 Å². The molecule has 2 aromatic heterocycles. The quantitative estimate of drug-likeness (QED) is 0.488. The number of alkyl halides is 3. The van der Waals surface area contributed by atoms with Crippen LogP contribution in [-0.4, -0.2) is 27.1 Å². The van der Waals surface area contributed by atoms with E-state index in [1.165, 1.54) is 30.1 Å². The minimum Gasteiger partial charge on any atom is -0.361 e. The Balaban J connectivity index is 1.51. The number of amides is 1. The number of fused-ring (bicyclic) bond motifs is 1. The van der Waals surface area contributed by atoms with Crippen molar-refractivity contribution < 1.29 is 18.0 Å². The number of carbonyl (C=O) groups excluding carboxylic acids is 1. The summed E-state index contributed by atoms with van der Waals surface area (Å²) < 4.78 is 38.6. The first-order valence-electron chi connectivity index (χ1n) is 8.92. The molecule has 0 spiro atoms. The monoisotopic (exact) mass is 431 g/mol. The van der Waals surface area contributed by atoms with Crippen molar-refractivity contribution in [3.63, 3.8) is 0 Å². The van der Waals surface area contributed by atoms with E-state index < -0.39 is 17.6 Å². The zero-order valence-electron chi connectivity index (χ0n) is 15.8. The van der Waals surface area contributed by atoms with E-state index in [0.717, 1.165) is 29.1 Å². The molecule has 154 valence electrons. The van der Waals surface area contributed by atoms with Gasteiger partial charge in [0.25, 0.3) is 5.91 Å². The molecule has 0 aliphatic carbocycles. The third-order valence-corrected chi connectivity index (χ3v) is 5.17. The van der Waals surface area contributed by atoms with Crippen LogP contribution in [-0.2, 0) is 19.3 Å². The lowest BCUT2D eigenvalue weighted by Gasteiger charge is -2.17. The Kier molecular flexibility index (Phi) is 5.33. The molecule has 0 atom stereocenters. The SMILES string of the molecule is CSc1ncc2c(n1)CN(c1ccnc(C(=O)Nc3cccc(C(F)(F)F)c3)c1)C2. The van der Waals surface area contributed by atoms with Crippen molar-refractivity contribution in [3.05, 3.63) is 71.3 Å². The van der Waals surface area contributed by atoms with Crippen LogP contribution in [0.4, 0.5) is 24.5 Å². The molecule has 10 heteroatoms. The number of halogens is 3. The Labute approximate surface area is 174 Å². The minimum absolute atomic E-state index is 0.0514. The molecule has 1 aliphatic heterocycles. The smallest absolute Gasteiger partial charge is 0.361 e. The number of anilines is 2. The number of benzene rings is 1. The summed E-state index contributed by atoms with van der Waals surface area (Å²) >= 11 is 1.47. The molecule has 30 heavy (non-hydrogen) atoms. The molecule has 0 fully saturated rings. The van der Waals surface area contributed by atoms with Crippen LogP contribution in [0.3, 0.4) is 0 Å². The molecule has 3 heterocycles. The van der Waals surface area contributed by atoms with Gasteiger partial charge in [-0.1, -0.05) is 17.8 Å². The van der Waals surface area contributed by atoms with E-state index in [1.807, 2.05) is 11.2 Å². The number of hydrogen-bond donors (Lipinski definition) is 1. The summed E-state index contributed by atoms with van der Waals surface area (Å²) in [5.74, 6) is -0.586. The Bertz CT molecular complexity index is 1110. The van der Waals surface area contributed by atoms with Gasteiger partial charge in [0, 0.05) is 35.9 Å². The zero-order valence-corrected chi connectivity index (χ0v) is 16.6. The molecule has 0 saturated carbocycles. The van der Waals surface area contributed by atoms with Crippen LogP contribution in [0.2, 0.25) is 0 Å². The van der Waals surface area contributed by atoms with Crippen molar-refractivity contribution in [1.29, 1.82) is 0 Å². The molecule has 0 unspecified atom stereocenters. The molecule has 6 nitrogen and oxygen atoms in total. The summed E-state index contributed by atoms with van der Waals surface area (Å²) in [6, 6.07) is 7.86. The lowest BCUT2D eigenvalue weighted by Crippen LogP contribution is -2.18. The van der Waals surface area contributed by atoms with Crippen LogP contribution in [0.5, 0.6) is 0 Å². The maximum Gasteiger partial charge on any atom is 0.416 e. The Morgan fingerprint density at radius 3 is 2.77 bits per heavy atom. The summed E-state index contributed by atoms with van der Waals surface area (Å²) in [5.41, 5.74) is 2.04. The van der Waals surface area contributed by atoms with E-state index >= 15 is 0 Å². The fourth-order valence-corrected chi connectivity index (χ4v) is 3.48. The van der Waals surface area contributed by atoms with Crippen LogP contribution in [0, 0.1) is 0 Å². The molecule has 3 aromatic rings. The van der Waals surface area contributed by atoms with Gasteiger partial charge in [-0.2, -0.15) is 13.2 Å². The van der Waals surface area contributed by atoms with Gasteiger partial charge in [0.05, 0.1) is 17.8 Å². The molecule has 0 bridgehead atoms. The number of nitrogens with zero attached hydrogens (tertiary/aromatic N) is 4. The van der Waals surface area contributed by atoms with Gasteiger partial charge in [0.15, 0.2) is 5.16 Å². The number of thioether (sulfide) groups is 1. The van der Waals surface area contributed by atoms with Gasteiger partial charge < -0.3 is 10.2 Å². The fraction of sp³-hybridized carbons (Fsp3) is 0.200. The second-order valence-electron chi connectivity index (χ2n) is 6.62. The summed E-state index contributed by atoms with van der Waals surface area (Å²) in [6.07, 6.45) is 0.726. The Hall–Kier alpha value is -3.14. The highest BCUT2D eigenvalue weighted by Crippen LogP contribution is 2.31. The lowest BCUT2D eigenvalue weighted by molar-refractivity contribution is -0.137. The summed E-state index contributed by atoms with van der Waals surface area (Å²) in [7, 11) is 0. The molecular weight excluding hydrogens is 415 g/mol. The zero-order chi connectivity index (χ0) is 21.3. The normalized spacial score (nSPS) is 13.3. The minimum atomic E-state index is -4.48. The van der Waals surface area contributed by atoms with Gasteiger partial charge in [-0.15, -0.1) is 0 Å². The third-order valence-electron chi connectivity index (χ3n) is 4.61. The van der Waals surface area contributed by atoms with Gasteiger partial charge in [0.1, 0.15) is 5.69 Å². The van der Waals surface area contributed by atoms with Gasteiger partial charge in [-0.05, 0) is 36.6 Å². The van der Waals surface area contributed by atoms with Crippen LogP contribution in [0.1, 0.15) is 27.3 Å². The van der Waals surface area contributed by atoms with E-state index in [9.17, 15) is 18.0 Å². The van der Waals surface area contributed by atoms with E-state index in [4.69, 9.17) is 0 Å². The van der Waals surface area contributed by atoms with Crippen molar-refractivity contribution in [1.82, 2.24) is 15.0 Å². The van der Waals surface area contributed by atoms with Crippen LogP contribution in [0.25, 0.3) is 0 Å². The highest BCUT2D eigenvalue weighted by atomic mass is 32.2. The summed E-state index contributed by atoms with van der Waals surface area (Å²) in [6.45, 7) is 1.17. The topological polar surface area (TPSA) is 71.0 Å². The average molecular weight is 431 g/mol. The molecule has 0 saturated heterocycles.